The molecule has 0 spiro atoms. The number of imidazole rings is 1. The number of aromatic amines is 1. The van der Waals surface area contributed by atoms with Gasteiger partial charge in [0.05, 0.1) is 18.3 Å². The normalized spacial score (nSPS) is 13.8. The maximum Gasteiger partial charge on any atom is 0.257 e. The molecule has 0 unspecified atom stereocenters. The Bertz CT molecular complexity index is 1090. The van der Waals surface area contributed by atoms with Crippen molar-refractivity contribution in [2.75, 3.05) is 30.9 Å². The number of hydrogen-bond donors (Lipinski definition) is 2. The molecule has 3 aromatic rings. The van der Waals surface area contributed by atoms with Crippen LogP contribution in [0.3, 0.4) is 0 Å². The molecule has 0 atom stereocenters. The van der Waals surface area contributed by atoms with Gasteiger partial charge in [-0.05, 0) is 39.8 Å². The van der Waals surface area contributed by atoms with Crippen LogP contribution in [0.5, 0.6) is 0 Å². The Labute approximate surface area is 183 Å². The number of fused-ring (bicyclic) bond motifs is 1. The zero-order valence-electron chi connectivity index (χ0n) is 19.2. The number of carbonyl (C=O) groups excluding carboxylic acids is 1. The Kier molecular flexibility index (Phi) is 5.24. The molecule has 0 fully saturated rings. The topological polar surface area (TPSA) is 82.1 Å². The molecular weight excluding hydrogens is 390 g/mol. The second-order valence-corrected chi connectivity index (χ2v) is 9.33. The van der Waals surface area contributed by atoms with E-state index in [4.69, 9.17) is 4.98 Å². The molecule has 1 aliphatic heterocycles. The van der Waals surface area contributed by atoms with Gasteiger partial charge in [-0.2, -0.15) is 5.10 Å². The van der Waals surface area contributed by atoms with Crippen LogP contribution >= 0.6 is 0 Å². The van der Waals surface area contributed by atoms with Crippen molar-refractivity contribution in [2.45, 2.75) is 46.3 Å². The Morgan fingerprint density at radius 3 is 2.45 bits per heavy atom. The number of rotatable bonds is 4. The van der Waals surface area contributed by atoms with Crippen LogP contribution in [-0.4, -0.2) is 56.7 Å². The van der Waals surface area contributed by atoms with Crippen LogP contribution in [-0.2, 0) is 13.1 Å². The van der Waals surface area contributed by atoms with Crippen LogP contribution in [0.15, 0.2) is 30.5 Å². The van der Waals surface area contributed by atoms with Gasteiger partial charge in [-0.25, -0.2) is 4.98 Å². The van der Waals surface area contributed by atoms with E-state index < -0.39 is 0 Å². The fourth-order valence-corrected chi connectivity index (χ4v) is 3.84. The highest BCUT2D eigenvalue weighted by atomic mass is 16.2. The third kappa shape index (κ3) is 4.15. The highest BCUT2D eigenvalue weighted by Gasteiger charge is 2.29. The first-order valence-electron chi connectivity index (χ1n) is 10.6. The third-order valence-electron chi connectivity index (χ3n) is 5.47. The highest BCUT2D eigenvalue weighted by molar-refractivity contribution is 5.95. The lowest BCUT2D eigenvalue weighted by Crippen LogP contribution is -2.39. The summed E-state index contributed by atoms with van der Waals surface area (Å²) < 4.78 is 2.21. The molecule has 0 saturated carbocycles. The number of nitrogens with zero attached hydrogens (tertiary/aromatic N) is 5. The lowest BCUT2D eigenvalue weighted by Gasteiger charge is -2.30. The highest BCUT2D eigenvalue weighted by Crippen LogP contribution is 2.34. The van der Waals surface area contributed by atoms with Gasteiger partial charge in [0.1, 0.15) is 17.3 Å². The number of amides is 1. The van der Waals surface area contributed by atoms with Gasteiger partial charge >= 0.3 is 0 Å². The van der Waals surface area contributed by atoms with Gasteiger partial charge in [-0.3, -0.25) is 9.89 Å². The molecule has 2 N–H and O–H groups in total. The fraction of sp³-hybridized carbons (Fsp3) is 0.435. The minimum atomic E-state index is -0.115. The maximum absolute atomic E-state index is 13.0. The average molecular weight is 422 g/mol. The van der Waals surface area contributed by atoms with Crippen LogP contribution in [0.25, 0.3) is 11.3 Å². The first-order chi connectivity index (χ1) is 14.6. The van der Waals surface area contributed by atoms with E-state index in [0.717, 1.165) is 34.3 Å². The minimum Gasteiger partial charge on any atom is -0.378 e. The Morgan fingerprint density at radius 1 is 1.16 bits per heavy atom. The lowest BCUT2D eigenvalue weighted by molar-refractivity contribution is 0.0707. The van der Waals surface area contributed by atoms with E-state index in [0.29, 0.717) is 25.2 Å². The van der Waals surface area contributed by atoms with E-state index in [1.807, 2.05) is 25.9 Å². The number of benzene rings is 1. The minimum absolute atomic E-state index is 0.0114. The summed E-state index contributed by atoms with van der Waals surface area (Å²) in [5.74, 6) is 1.88. The van der Waals surface area contributed by atoms with Crippen molar-refractivity contribution in [3.63, 3.8) is 0 Å². The predicted molar refractivity (Wildman–Crippen MR) is 123 cm³/mol. The molecule has 0 saturated heterocycles. The van der Waals surface area contributed by atoms with Gasteiger partial charge in [0.2, 0.25) is 0 Å². The van der Waals surface area contributed by atoms with E-state index in [1.54, 1.807) is 6.20 Å². The van der Waals surface area contributed by atoms with E-state index in [9.17, 15) is 4.79 Å². The SMILES string of the molecule is Cc1[nH]ncc1C(=O)N1CCn2c(nc(-c3ccc(N(C)C)cc3)c2NC(C)(C)C)C1. The first-order valence-corrected chi connectivity index (χ1v) is 10.6. The van der Waals surface area contributed by atoms with Gasteiger partial charge < -0.3 is 19.7 Å². The van der Waals surface area contributed by atoms with Crippen molar-refractivity contribution < 1.29 is 4.79 Å². The summed E-state index contributed by atoms with van der Waals surface area (Å²) in [6, 6.07) is 8.42. The molecule has 1 aliphatic rings. The summed E-state index contributed by atoms with van der Waals surface area (Å²) in [5, 5.41) is 10.5. The van der Waals surface area contributed by atoms with Gasteiger partial charge in [-0.15, -0.1) is 0 Å². The number of hydrogen-bond acceptors (Lipinski definition) is 5. The molecule has 0 radical (unpaired) electrons. The molecule has 4 rings (SSSR count). The van der Waals surface area contributed by atoms with Crippen LogP contribution in [0.1, 0.15) is 42.6 Å². The van der Waals surface area contributed by atoms with Gasteiger partial charge in [0, 0.05) is 49.7 Å². The molecule has 0 bridgehead atoms. The monoisotopic (exact) mass is 421 g/mol. The summed E-state index contributed by atoms with van der Waals surface area (Å²) in [7, 11) is 4.06. The molecular formula is C23H31N7O. The van der Waals surface area contributed by atoms with Crippen molar-refractivity contribution in [1.82, 2.24) is 24.6 Å². The van der Waals surface area contributed by atoms with Crippen LogP contribution in [0, 0.1) is 6.92 Å². The molecule has 1 aromatic carbocycles. The largest absolute Gasteiger partial charge is 0.378 e. The molecule has 3 heterocycles. The summed E-state index contributed by atoms with van der Waals surface area (Å²) in [4.78, 5) is 21.9. The van der Waals surface area contributed by atoms with E-state index >= 15 is 0 Å². The maximum atomic E-state index is 13.0. The standard InChI is InChI=1S/C23H31N7O/c1-15-18(13-24-27-15)22(31)29-11-12-30-19(14-29)25-20(21(30)26-23(2,3)4)16-7-9-17(10-8-16)28(5)6/h7-10,13,26H,11-12,14H2,1-6H3,(H,24,27). The van der Waals surface area contributed by atoms with Crippen molar-refractivity contribution in [2.24, 2.45) is 0 Å². The third-order valence-corrected chi connectivity index (χ3v) is 5.47. The Balaban J connectivity index is 1.70. The zero-order chi connectivity index (χ0) is 22.3. The summed E-state index contributed by atoms with van der Waals surface area (Å²) in [5.41, 5.74) is 4.41. The summed E-state index contributed by atoms with van der Waals surface area (Å²) >= 11 is 0. The van der Waals surface area contributed by atoms with Gasteiger partial charge in [-0.1, -0.05) is 12.1 Å². The predicted octanol–water partition coefficient (Wildman–Crippen LogP) is 3.51. The molecule has 0 aliphatic carbocycles. The van der Waals surface area contributed by atoms with Crippen LogP contribution in [0.2, 0.25) is 0 Å². The van der Waals surface area contributed by atoms with Crippen molar-refractivity contribution >= 4 is 17.4 Å². The first kappa shape index (κ1) is 21.0. The Morgan fingerprint density at radius 2 is 1.87 bits per heavy atom. The fourth-order valence-electron chi connectivity index (χ4n) is 3.84. The second kappa shape index (κ2) is 7.76. The zero-order valence-corrected chi connectivity index (χ0v) is 19.2. The summed E-state index contributed by atoms with van der Waals surface area (Å²) in [6.45, 7) is 10.1. The van der Waals surface area contributed by atoms with Gasteiger partial charge in [0.15, 0.2) is 0 Å². The number of aryl methyl sites for hydroxylation is 1. The smallest absolute Gasteiger partial charge is 0.257 e. The number of H-pyrrole nitrogens is 1. The van der Waals surface area contributed by atoms with Crippen molar-refractivity contribution in [3.8, 4) is 11.3 Å². The summed E-state index contributed by atoms with van der Waals surface area (Å²) in [6.07, 6.45) is 1.60. The van der Waals surface area contributed by atoms with Crippen LogP contribution in [0.4, 0.5) is 11.5 Å². The quantitative estimate of drug-likeness (QED) is 0.674. The Hall–Kier alpha value is -3.29. The lowest BCUT2D eigenvalue weighted by atomic mass is 10.1. The molecule has 164 valence electrons. The molecule has 2 aromatic heterocycles. The van der Waals surface area contributed by atoms with Crippen molar-refractivity contribution in [3.05, 3.63) is 47.5 Å². The van der Waals surface area contributed by atoms with Crippen molar-refractivity contribution in [1.29, 1.82) is 0 Å². The van der Waals surface area contributed by atoms with Crippen LogP contribution < -0.4 is 10.2 Å². The number of carbonyl (C=O) groups is 1. The molecule has 31 heavy (non-hydrogen) atoms. The van der Waals surface area contributed by atoms with E-state index in [1.165, 1.54) is 0 Å². The average Bonchev–Trinajstić information content (AvgIpc) is 3.29. The molecule has 1 amide bonds. The molecule has 8 nitrogen and oxygen atoms in total. The number of anilines is 2. The van der Waals surface area contributed by atoms with E-state index in [-0.39, 0.29) is 11.4 Å². The number of nitrogens with one attached hydrogen (secondary N) is 2. The van der Waals surface area contributed by atoms with Gasteiger partial charge in [0.25, 0.3) is 5.91 Å². The second-order valence-electron chi connectivity index (χ2n) is 9.33. The number of aromatic nitrogens is 4. The molecule has 8 heteroatoms. The van der Waals surface area contributed by atoms with E-state index in [2.05, 4.69) is 70.0 Å².